The Morgan fingerprint density at radius 3 is 2.56 bits per heavy atom. The number of rotatable bonds is 4. The van der Waals surface area contributed by atoms with Crippen LogP contribution in [-0.2, 0) is 16.0 Å². The Labute approximate surface area is 198 Å². The highest BCUT2D eigenvalue weighted by Crippen LogP contribution is 2.43. The van der Waals surface area contributed by atoms with Gasteiger partial charge in [0.05, 0.1) is 25.3 Å². The largest absolute Gasteiger partial charge is 0.507 e. The number of Topliss-reactive ketones (excluding diaryl/α,β-unsaturated/α-hetero) is 1. The maximum Gasteiger partial charge on any atom is 0.300 e. The van der Waals surface area contributed by atoms with Crippen molar-refractivity contribution >= 4 is 23.1 Å². The van der Waals surface area contributed by atoms with Crippen LogP contribution in [0.25, 0.3) is 5.76 Å². The first-order chi connectivity index (χ1) is 16.5. The van der Waals surface area contributed by atoms with Gasteiger partial charge in [-0.25, -0.2) is 0 Å². The molecule has 1 atom stereocenters. The van der Waals surface area contributed by atoms with E-state index in [4.69, 9.17) is 9.47 Å². The van der Waals surface area contributed by atoms with E-state index >= 15 is 0 Å². The van der Waals surface area contributed by atoms with Crippen LogP contribution in [0.1, 0.15) is 34.7 Å². The van der Waals surface area contributed by atoms with Crippen LogP contribution in [0.4, 0.5) is 5.69 Å². The average molecular weight is 456 g/mol. The van der Waals surface area contributed by atoms with E-state index in [0.717, 1.165) is 29.7 Å². The van der Waals surface area contributed by atoms with Crippen molar-refractivity contribution in [3.05, 3.63) is 94.6 Å². The molecule has 1 N–H and O–H groups in total. The predicted octanol–water partition coefficient (Wildman–Crippen LogP) is 4.95. The van der Waals surface area contributed by atoms with Crippen molar-refractivity contribution in [2.24, 2.45) is 0 Å². The Kier molecular flexibility index (Phi) is 5.57. The Hall–Kier alpha value is -4.06. The third-order valence-corrected chi connectivity index (χ3v) is 6.43. The number of carbonyl (C=O) groups is 2. The summed E-state index contributed by atoms with van der Waals surface area (Å²) in [6.45, 7) is 2.56. The minimum atomic E-state index is -0.778. The molecule has 6 heteroatoms. The minimum Gasteiger partial charge on any atom is -0.507 e. The molecule has 5 rings (SSSR count). The van der Waals surface area contributed by atoms with Gasteiger partial charge < -0.3 is 14.6 Å². The maximum atomic E-state index is 13.4. The normalized spacial score (nSPS) is 19.0. The predicted molar refractivity (Wildman–Crippen MR) is 129 cm³/mol. The SMILES string of the molecule is COc1ccc(C2/C(=C(/O)c3ccc4c(c3)CCCO4)C(=O)C(=O)N2c2ccccc2C)cc1. The van der Waals surface area contributed by atoms with Gasteiger partial charge in [-0.3, -0.25) is 14.5 Å². The van der Waals surface area contributed by atoms with E-state index in [1.54, 1.807) is 25.3 Å². The zero-order valence-electron chi connectivity index (χ0n) is 19.1. The third-order valence-electron chi connectivity index (χ3n) is 6.43. The minimum absolute atomic E-state index is 0.0649. The fourth-order valence-electron chi connectivity index (χ4n) is 4.68. The number of anilines is 1. The van der Waals surface area contributed by atoms with E-state index in [1.165, 1.54) is 4.90 Å². The molecule has 1 unspecified atom stereocenters. The summed E-state index contributed by atoms with van der Waals surface area (Å²) in [7, 11) is 1.58. The van der Waals surface area contributed by atoms with Gasteiger partial charge >= 0.3 is 0 Å². The van der Waals surface area contributed by atoms with Crippen LogP contribution < -0.4 is 14.4 Å². The van der Waals surface area contributed by atoms with Crippen LogP contribution in [-0.4, -0.2) is 30.5 Å². The molecule has 0 bridgehead atoms. The molecule has 2 aliphatic rings. The number of aryl methyl sites for hydroxylation is 2. The Morgan fingerprint density at radius 1 is 1.06 bits per heavy atom. The third kappa shape index (κ3) is 3.61. The van der Waals surface area contributed by atoms with Crippen LogP contribution in [0, 0.1) is 6.92 Å². The number of fused-ring (bicyclic) bond motifs is 1. The van der Waals surface area contributed by atoms with Gasteiger partial charge in [0.25, 0.3) is 11.7 Å². The second-order valence-electron chi connectivity index (χ2n) is 8.50. The van der Waals surface area contributed by atoms with Gasteiger partial charge in [0, 0.05) is 11.3 Å². The highest BCUT2D eigenvalue weighted by atomic mass is 16.5. The van der Waals surface area contributed by atoms with E-state index < -0.39 is 17.7 Å². The zero-order chi connectivity index (χ0) is 23.8. The summed E-state index contributed by atoms with van der Waals surface area (Å²) in [4.78, 5) is 28.2. The number of hydrogen-bond donors (Lipinski definition) is 1. The van der Waals surface area contributed by atoms with Crippen molar-refractivity contribution in [2.45, 2.75) is 25.8 Å². The zero-order valence-corrected chi connectivity index (χ0v) is 19.1. The van der Waals surface area contributed by atoms with E-state index in [2.05, 4.69) is 0 Å². The number of hydrogen-bond acceptors (Lipinski definition) is 5. The van der Waals surface area contributed by atoms with Crippen molar-refractivity contribution < 1.29 is 24.2 Å². The molecule has 0 spiro atoms. The van der Waals surface area contributed by atoms with Crippen molar-refractivity contribution in [3.8, 4) is 11.5 Å². The van der Waals surface area contributed by atoms with E-state index in [9.17, 15) is 14.7 Å². The van der Waals surface area contributed by atoms with Gasteiger partial charge in [-0.05, 0) is 72.9 Å². The first-order valence-corrected chi connectivity index (χ1v) is 11.3. The van der Waals surface area contributed by atoms with Crippen LogP contribution in [0.15, 0.2) is 72.3 Å². The molecule has 2 aliphatic heterocycles. The number of methoxy groups -OCH3 is 1. The fraction of sp³-hybridized carbons (Fsp3) is 0.214. The number of amides is 1. The number of ether oxygens (including phenoxy) is 2. The van der Waals surface area contributed by atoms with E-state index in [0.29, 0.717) is 29.2 Å². The molecule has 3 aromatic rings. The number of aliphatic hydroxyl groups excluding tert-OH is 1. The molecule has 1 amide bonds. The average Bonchev–Trinajstić information content (AvgIpc) is 3.13. The molecule has 0 radical (unpaired) electrons. The van der Waals surface area contributed by atoms with Crippen LogP contribution >= 0.6 is 0 Å². The summed E-state index contributed by atoms with van der Waals surface area (Å²) in [5.74, 6) is -0.127. The van der Waals surface area contributed by atoms with Gasteiger partial charge in [-0.1, -0.05) is 30.3 Å². The van der Waals surface area contributed by atoms with Crippen molar-refractivity contribution in [2.75, 3.05) is 18.6 Å². The summed E-state index contributed by atoms with van der Waals surface area (Å²) >= 11 is 0. The summed E-state index contributed by atoms with van der Waals surface area (Å²) in [5, 5.41) is 11.4. The number of carbonyl (C=O) groups excluding carboxylic acids is 2. The first kappa shape index (κ1) is 21.8. The lowest BCUT2D eigenvalue weighted by atomic mass is 9.93. The van der Waals surface area contributed by atoms with Gasteiger partial charge in [0.1, 0.15) is 17.3 Å². The molecule has 0 saturated carbocycles. The quantitative estimate of drug-likeness (QED) is 0.342. The van der Waals surface area contributed by atoms with Gasteiger partial charge in [-0.2, -0.15) is 0 Å². The lowest BCUT2D eigenvalue weighted by molar-refractivity contribution is -0.132. The first-order valence-electron chi connectivity index (χ1n) is 11.3. The lowest BCUT2D eigenvalue weighted by Gasteiger charge is -2.27. The van der Waals surface area contributed by atoms with Crippen LogP contribution in [0.2, 0.25) is 0 Å². The molecule has 2 heterocycles. The molecule has 3 aromatic carbocycles. The molecule has 6 nitrogen and oxygen atoms in total. The number of para-hydroxylation sites is 1. The monoisotopic (exact) mass is 455 g/mol. The molecule has 0 aromatic heterocycles. The molecule has 0 aliphatic carbocycles. The summed E-state index contributed by atoms with van der Waals surface area (Å²) in [6.07, 6.45) is 1.72. The molecule has 34 heavy (non-hydrogen) atoms. The standard InChI is InChI=1S/C28H25NO5/c1-17-6-3-4-8-22(17)29-25(18-9-12-21(33-2)13-10-18)24(27(31)28(29)32)26(30)20-11-14-23-19(16-20)7-5-15-34-23/h3-4,6,8-14,16,25,30H,5,7,15H2,1-2H3/b26-24-. The summed E-state index contributed by atoms with van der Waals surface area (Å²) < 4.78 is 11.0. The van der Waals surface area contributed by atoms with E-state index in [-0.39, 0.29) is 11.3 Å². The summed E-state index contributed by atoms with van der Waals surface area (Å²) in [6, 6.07) is 19.2. The smallest absolute Gasteiger partial charge is 0.300 e. The fourth-order valence-corrected chi connectivity index (χ4v) is 4.68. The lowest BCUT2D eigenvalue weighted by Crippen LogP contribution is -2.30. The highest BCUT2D eigenvalue weighted by molar-refractivity contribution is 6.51. The number of aliphatic hydroxyl groups is 1. The second-order valence-corrected chi connectivity index (χ2v) is 8.50. The van der Waals surface area contributed by atoms with Crippen LogP contribution in [0.5, 0.6) is 11.5 Å². The highest BCUT2D eigenvalue weighted by Gasteiger charge is 2.47. The number of benzene rings is 3. The second kappa shape index (κ2) is 8.71. The molecule has 1 fully saturated rings. The van der Waals surface area contributed by atoms with Crippen LogP contribution in [0.3, 0.4) is 0 Å². The van der Waals surface area contributed by atoms with E-state index in [1.807, 2.05) is 55.5 Å². The van der Waals surface area contributed by atoms with Gasteiger partial charge in [0.2, 0.25) is 0 Å². The Balaban J connectivity index is 1.70. The molecule has 1 saturated heterocycles. The van der Waals surface area contributed by atoms with Crippen molar-refractivity contribution in [1.29, 1.82) is 0 Å². The Morgan fingerprint density at radius 2 is 1.82 bits per heavy atom. The molecular formula is C28H25NO5. The number of ketones is 1. The number of nitrogens with zero attached hydrogens (tertiary/aromatic N) is 1. The molecule has 172 valence electrons. The maximum absolute atomic E-state index is 13.4. The van der Waals surface area contributed by atoms with Crippen molar-refractivity contribution in [3.63, 3.8) is 0 Å². The van der Waals surface area contributed by atoms with Gasteiger partial charge in [-0.15, -0.1) is 0 Å². The molecular weight excluding hydrogens is 430 g/mol. The topological polar surface area (TPSA) is 76.1 Å². The van der Waals surface area contributed by atoms with Gasteiger partial charge in [0.15, 0.2) is 0 Å². The van der Waals surface area contributed by atoms with Crippen molar-refractivity contribution in [1.82, 2.24) is 0 Å². The summed E-state index contributed by atoms with van der Waals surface area (Å²) in [5.41, 5.74) is 3.72. The Bertz CT molecular complexity index is 1310.